The molecule has 1 aromatic rings. The minimum atomic E-state index is -0.146. The third kappa shape index (κ3) is 3.38. The molecule has 4 heteroatoms. The Kier molecular flexibility index (Phi) is 4.54. The second-order valence-corrected chi connectivity index (χ2v) is 4.12. The molecule has 1 rings (SSSR count). The van der Waals surface area contributed by atoms with E-state index in [1.54, 1.807) is 44.2 Å². The molecule has 4 nitrogen and oxygen atoms in total. The molecule has 18 heavy (non-hydrogen) atoms. The number of hydrogen-bond acceptors (Lipinski definition) is 3. The van der Waals surface area contributed by atoms with E-state index >= 15 is 0 Å². The van der Waals surface area contributed by atoms with Gasteiger partial charge < -0.3 is 16.8 Å². The summed E-state index contributed by atoms with van der Waals surface area (Å²) in [7, 11) is 0. The molecule has 0 saturated heterocycles. The van der Waals surface area contributed by atoms with Crippen molar-refractivity contribution in [2.24, 2.45) is 5.73 Å². The van der Waals surface area contributed by atoms with Gasteiger partial charge in [-0.2, -0.15) is 0 Å². The second-order valence-electron chi connectivity index (χ2n) is 4.12. The van der Waals surface area contributed by atoms with E-state index in [9.17, 15) is 4.79 Å². The van der Waals surface area contributed by atoms with Crippen LogP contribution in [-0.2, 0) is 4.79 Å². The Morgan fingerprint density at radius 3 is 2.56 bits per heavy atom. The van der Waals surface area contributed by atoms with Crippen molar-refractivity contribution in [2.75, 3.05) is 11.1 Å². The fourth-order valence-corrected chi connectivity index (χ4v) is 1.43. The number of nitrogens with two attached hydrogens (primary N) is 2. The number of nitrogen functional groups attached to an aromatic ring is 1. The lowest BCUT2D eigenvalue weighted by molar-refractivity contribution is -0.112. The predicted octanol–water partition coefficient (Wildman–Crippen LogP) is 2.49. The lowest BCUT2D eigenvalue weighted by atomic mass is 10.1. The number of carbonyl (C=O) groups excluding carboxylic acids is 1. The Bertz CT molecular complexity index is 512. The normalized spacial score (nSPS) is 12.4. The van der Waals surface area contributed by atoms with Crippen molar-refractivity contribution in [3.63, 3.8) is 0 Å². The molecule has 0 radical (unpaired) electrons. The Hall–Kier alpha value is -2.23. The molecule has 96 valence electrons. The summed E-state index contributed by atoms with van der Waals surface area (Å²) in [5.41, 5.74) is 14.8. The molecule has 0 unspecified atom stereocenters. The predicted molar refractivity (Wildman–Crippen MR) is 76.8 cm³/mol. The van der Waals surface area contributed by atoms with Crippen LogP contribution in [0.3, 0.4) is 0 Å². The van der Waals surface area contributed by atoms with Crippen molar-refractivity contribution in [2.45, 2.75) is 20.8 Å². The molecule has 1 amide bonds. The van der Waals surface area contributed by atoms with Crippen LogP contribution in [0.5, 0.6) is 0 Å². The number of rotatable bonds is 3. The third-order valence-electron chi connectivity index (χ3n) is 2.55. The highest BCUT2D eigenvalue weighted by Gasteiger charge is 2.08. The quantitative estimate of drug-likeness (QED) is 0.565. The minimum absolute atomic E-state index is 0.146. The second kappa shape index (κ2) is 5.91. The van der Waals surface area contributed by atoms with E-state index in [0.29, 0.717) is 22.6 Å². The number of hydrogen-bond donors (Lipinski definition) is 3. The molecule has 0 aromatic heterocycles. The minimum Gasteiger partial charge on any atom is -0.402 e. The zero-order valence-electron chi connectivity index (χ0n) is 10.9. The lowest BCUT2D eigenvalue weighted by Gasteiger charge is -2.11. The fourth-order valence-electron chi connectivity index (χ4n) is 1.43. The molecular weight excluding hydrogens is 226 g/mol. The van der Waals surface area contributed by atoms with Crippen LogP contribution in [-0.4, -0.2) is 5.91 Å². The molecule has 0 aliphatic heterocycles. The standard InChI is InChI=1S/C14H19N3O/c1-4-9(2)14(18)17-13-7-5-6-12(16)11(13)8-10(3)15/h4-8H,15-16H2,1-3H3,(H,17,18)/b9-4+,10-8-. The van der Waals surface area contributed by atoms with Gasteiger partial charge in [0.25, 0.3) is 5.91 Å². The SMILES string of the molecule is C/C=C(\C)C(=O)Nc1cccc(N)c1/C=C(/C)N. The fraction of sp³-hybridized carbons (Fsp3) is 0.214. The first-order valence-corrected chi connectivity index (χ1v) is 5.72. The van der Waals surface area contributed by atoms with Crippen molar-refractivity contribution in [3.8, 4) is 0 Å². The van der Waals surface area contributed by atoms with Crippen molar-refractivity contribution in [3.05, 3.63) is 41.1 Å². The van der Waals surface area contributed by atoms with Crippen molar-refractivity contribution in [1.82, 2.24) is 0 Å². The summed E-state index contributed by atoms with van der Waals surface area (Å²) in [6.07, 6.45) is 3.50. The zero-order chi connectivity index (χ0) is 13.7. The van der Waals surface area contributed by atoms with Gasteiger partial charge >= 0.3 is 0 Å². The Morgan fingerprint density at radius 2 is 2.00 bits per heavy atom. The van der Waals surface area contributed by atoms with Crippen LogP contribution in [0.15, 0.2) is 35.5 Å². The van der Waals surface area contributed by atoms with E-state index in [1.807, 2.05) is 6.92 Å². The van der Waals surface area contributed by atoms with Crippen molar-refractivity contribution < 1.29 is 4.79 Å². The van der Waals surface area contributed by atoms with Gasteiger partial charge in [0.2, 0.25) is 0 Å². The van der Waals surface area contributed by atoms with Crippen LogP contribution >= 0.6 is 0 Å². The highest BCUT2D eigenvalue weighted by Crippen LogP contribution is 2.24. The maximum atomic E-state index is 11.8. The van der Waals surface area contributed by atoms with E-state index in [1.165, 1.54) is 0 Å². The number of benzene rings is 1. The molecule has 0 fully saturated rings. The van der Waals surface area contributed by atoms with Gasteiger partial charge in [0.1, 0.15) is 0 Å². The van der Waals surface area contributed by atoms with E-state index in [2.05, 4.69) is 5.32 Å². The van der Waals surface area contributed by atoms with Gasteiger partial charge in [-0.05, 0) is 39.0 Å². The Morgan fingerprint density at radius 1 is 1.33 bits per heavy atom. The highest BCUT2D eigenvalue weighted by molar-refractivity contribution is 6.04. The molecule has 0 spiro atoms. The highest BCUT2D eigenvalue weighted by atomic mass is 16.1. The van der Waals surface area contributed by atoms with Gasteiger partial charge in [0, 0.05) is 22.5 Å². The van der Waals surface area contributed by atoms with Crippen LogP contribution in [0.25, 0.3) is 6.08 Å². The maximum absolute atomic E-state index is 11.8. The van der Waals surface area contributed by atoms with Gasteiger partial charge in [-0.15, -0.1) is 0 Å². The number of amides is 1. The van der Waals surface area contributed by atoms with Crippen LogP contribution in [0.2, 0.25) is 0 Å². The van der Waals surface area contributed by atoms with Gasteiger partial charge in [0.15, 0.2) is 0 Å². The maximum Gasteiger partial charge on any atom is 0.250 e. The van der Waals surface area contributed by atoms with Crippen LogP contribution in [0.4, 0.5) is 11.4 Å². The monoisotopic (exact) mass is 245 g/mol. The Labute approximate surface area is 107 Å². The van der Waals surface area contributed by atoms with Crippen molar-refractivity contribution >= 4 is 23.4 Å². The average molecular weight is 245 g/mol. The molecule has 5 N–H and O–H groups in total. The first-order chi connectivity index (χ1) is 8.45. The van der Waals surface area contributed by atoms with E-state index in [-0.39, 0.29) is 5.91 Å². The number of carbonyl (C=O) groups is 1. The lowest BCUT2D eigenvalue weighted by Crippen LogP contribution is -2.14. The molecule has 0 aliphatic carbocycles. The Balaban J connectivity index is 3.14. The molecule has 0 atom stereocenters. The number of anilines is 2. The van der Waals surface area contributed by atoms with Crippen molar-refractivity contribution in [1.29, 1.82) is 0 Å². The van der Waals surface area contributed by atoms with Crippen LogP contribution in [0.1, 0.15) is 26.3 Å². The number of allylic oxidation sites excluding steroid dienone is 2. The van der Waals surface area contributed by atoms with Gasteiger partial charge in [-0.25, -0.2) is 0 Å². The summed E-state index contributed by atoms with van der Waals surface area (Å²) >= 11 is 0. The topological polar surface area (TPSA) is 81.1 Å². The number of nitrogens with one attached hydrogen (secondary N) is 1. The molecule has 0 heterocycles. The molecule has 1 aromatic carbocycles. The summed E-state index contributed by atoms with van der Waals surface area (Å²) < 4.78 is 0. The molecule has 0 saturated carbocycles. The molecule has 0 bridgehead atoms. The van der Waals surface area contributed by atoms with E-state index < -0.39 is 0 Å². The largest absolute Gasteiger partial charge is 0.402 e. The van der Waals surface area contributed by atoms with Gasteiger partial charge in [-0.1, -0.05) is 12.1 Å². The third-order valence-corrected chi connectivity index (χ3v) is 2.55. The molecular formula is C14H19N3O. The van der Waals surface area contributed by atoms with E-state index in [0.717, 1.165) is 5.56 Å². The summed E-state index contributed by atoms with van der Waals surface area (Å²) in [6, 6.07) is 5.36. The summed E-state index contributed by atoms with van der Waals surface area (Å²) in [5.74, 6) is -0.146. The van der Waals surface area contributed by atoms with Gasteiger partial charge in [-0.3, -0.25) is 4.79 Å². The van der Waals surface area contributed by atoms with Crippen LogP contribution in [0, 0.1) is 0 Å². The summed E-state index contributed by atoms with van der Waals surface area (Å²) in [5, 5.41) is 2.82. The summed E-state index contributed by atoms with van der Waals surface area (Å²) in [6.45, 7) is 5.35. The van der Waals surface area contributed by atoms with Crippen LogP contribution < -0.4 is 16.8 Å². The first kappa shape index (κ1) is 13.8. The molecule has 0 aliphatic rings. The zero-order valence-corrected chi connectivity index (χ0v) is 10.9. The van der Waals surface area contributed by atoms with Gasteiger partial charge in [0.05, 0.1) is 5.69 Å². The average Bonchev–Trinajstić information content (AvgIpc) is 2.32. The first-order valence-electron chi connectivity index (χ1n) is 5.72. The smallest absolute Gasteiger partial charge is 0.250 e. The summed E-state index contributed by atoms with van der Waals surface area (Å²) in [4.78, 5) is 11.8. The van der Waals surface area contributed by atoms with E-state index in [4.69, 9.17) is 11.5 Å².